The van der Waals surface area contributed by atoms with Gasteiger partial charge in [-0.25, -0.2) is 0 Å². The number of hydrogen-bond acceptors (Lipinski definition) is 3. The van der Waals surface area contributed by atoms with Crippen LogP contribution >= 0.6 is 0 Å². The van der Waals surface area contributed by atoms with Gasteiger partial charge in [-0.3, -0.25) is 4.79 Å². The van der Waals surface area contributed by atoms with Crippen LogP contribution in [-0.4, -0.2) is 25.0 Å². The minimum Gasteiger partial charge on any atom is -0.354 e. The number of rotatable bonds is 6. The topological polar surface area (TPSA) is 64.9 Å². The zero-order chi connectivity index (χ0) is 11.0. The van der Waals surface area contributed by atoms with E-state index in [-0.39, 0.29) is 11.9 Å². The largest absolute Gasteiger partial charge is 0.354 e. The number of amides is 1. The van der Waals surface area contributed by atoms with Crippen LogP contribution in [0.2, 0.25) is 0 Å². The molecule has 2 N–H and O–H groups in total. The third-order valence-electron chi connectivity index (χ3n) is 1.77. The smallest absolute Gasteiger partial charge is 0.236 e. The zero-order valence-electron chi connectivity index (χ0n) is 9.13. The quantitative estimate of drug-likeness (QED) is 0.614. The van der Waals surface area contributed by atoms with Crippen molar-refractivity contribution in [2.75, 3.05) is 13.1 Å². The van der Waals surface area contributed by atoms with Gasteiger partial charge in [-0.1, -0.05) is 13.8 Å². The molecule has 1 amide bonds. The molecule has 0 saturated heterocycles. The van der Waals surface area contributed by atoms with E-state index in [0.29, 0.717) is 25.4 Å². The molecule has 1 unspecified atom stereocenters. The highest BCUT2D eigenvalue weighted by Crippen LogP contribution is 1.89. The number of nitriles is 1. The van der Waals surface area contributed by atoms with Gasteiger partial charge in [0, 0.05) is 19.5 Å². The van der Waals surface area contributed by atoms with Crippen molar-refractivity contribution < 1.29 is 4.79 Å². The van der Waals surface area contributed by atoms with Gasteiger partial charge in [-0.15, -0.1) is 0 Å². The average Bonchev–Trinajstić information content (AvgIpc) is 2.14. The summed E-state index contributed by atoms with van der Waals surface area (Å²) in [5, 5.41) is 14.1. The molecule has 0 aromatic carbocycles. The molecule has 0 fully saturated rings. The van der Waals surface area contributed by atoms with Crippen LogP contribution in [0.5, 0.6) is 0 Å². The Morgan fingerprint density at radius 1 is 1.43 bits per heavy atom. The fraction of sp³-hybridized carbons (Fsp3) is 0.800. The zero-order valence-corrected chi connectivity index (χ0v) is 9.13. The average molecular weight is 197 g/mol. The Labute approximate surface area is 85.7 Å². The Balaban J connectivity index is 3.61. The summed E-state index contributed by atoms with van der Waals surface area (Å²) in [5.41, 5.74) is 0. The van der Waals surface area contributed by atoms with E-state index < -0.39 is 0 Å². The summed E-state index contributed by atoms with van der Waals surface area (Å²) in [6.07, 6.45) is 0.432. The predicted molar refractivity (Wildman–Crippen MR) is 55.5 cm³/mol. The lowest BCUT2D eigenvalue weighted by Crippen LogP contribution is -2.43. The van der Waals surface area contributed by atoms with Crippen LogP contribution < -0.4 is 10.6 Å². The second-order valence-electron chi connectivity index (χ2n) is 3.72. The van der Waals surface area contributed by atoms with E-state index in [4.69, 9.17) is 5.26 Å². The molecule has 14 heavy (non-hydrogen) atoms. The molecule has 80 valence electrons. The van der Waals surface area contributed by atoms with Crippen molar-refractivity contribution in [3.8, 4) is 6.07 Å². The van der Waals surface area contributed by atoms with Crippen LogP contribution in [0.3, 0.4) is 0 Å². The summed E-state index contributed by atoms with van der Waals surface area (Å²) in [5.74, 6) is 0.460. The lowest BCUT2D eigenvalue weighted by atomic mass is 10.2. The van der Waals surface area contributed by atoms with Crippen LogP contribution in [0.25, 0.3) is 0 Å². The molecule has 0 aliphatic rings. The molecule has 0 rings (SSSR count). The lowest BCUT2D eigenvalue weighted by molar-refractivity contribution is -0.122. The number of carbonyl (C=O) groups excluding carboxylic acids is 1. The Morgan fingerprint density at radius 3 is 2.57 bits per heavy atom. The molecule has 0 heterocycles. The Bertz CT molecular complexity index is 208. The van der Waals surface area contributed by atoms with Crippen LogP contribution in [0.4, 0.5) is 0 Å². The second kappa shape index (κ2) is 7.34. The molecule has 0 aromatic heterocycles. The fourth-order valence-corrected chi connectivity index (χ4v) is 0.895. The highest BCUT2D eigenvalue weighted by atomic mass is 16.2. The molecule has 0 spiro atoms. The van der Waals surface area contributed by atoms with Gasteiger partial charge >= 0.3 is 0 Å². The molecule has 4 nitrogen and oxygen atoms in total. The van der Waals surface area contributed by atoms with E-state index in [9.17, 15) is 4.79 Å². The predicted octanol–water partition coefficient (Wildman–Crippen LogP) is 0.650. The molecule has 0 saturated carbocycles. The normalized spacial score (nSPS) is 12.2. The summed E-state index contributed by atoms with van der Waals surface area (Å²) in [6.45, 7) is 7.16. The van der Waals surface area contributed by atoms with E-state index in [1.54, 1.807) is 6.92 Å². The second-order valence-corrected chi connectivity index (χ2v) is 3.72. The summed E-state index contributed by atoms with van der Waals surface area (Å²) in [6, 6.07) is 1.80. The van der Waals surface area contributed by atoms with Crippen molar-refractivity contribution in [1.29, 1.82) is 5.26 Å². The van der Waals surface area contributed by atoms with E-state index in [0.717, 1.165) is 0 Å². The van der Waals surface area contributed by atoms with Crippen molar-refractivity contribution in [2.45, 2.75) is 33.2 Å². The SMILES string of the molecule is CC(C)CNC(=O)C(C)NCCC#N. The molecule has 4 heteroatoms. The first kappa shape index (κ1) is 12.9. The van der Waals surface area contributed by atoms with Gasteiger partial charge in [0.05, 0.1) is 12.1 Å². The minimum absolute atomic E-state index is 0.00311. The number of hydrogen-bond donors (Lipinski definition) is 2. The van der Waals surface area contributed by atoms with Crippen molar-refractivity contribution in [3.63, 3.8) is 0 Å². The molecular formula is C10H19N3O. The van der Waals surface area contributed by atoms with Crippen molar-refractivity contribution >= 4 is 5.91 Å². The number of carbonyl (C=O) groups is 1. The first-order valence-electron chi connectivity index (χ1n) is 4.96. The molecule has 0 aromatic rings. The Morgan fingerprint density at radius 2 is 2.07 bits per heavy atom. The number of nitrogens with one attached hydrogen (secondary N) is 2. The van der Waals surface area contributed by atoms with Crippen LogP contribution in [0.1, 0.15) is 27.2 Å². The molecule has 0 radical (unpaired) electrons. The third kappa shape index (κ3) is 6.44. The highest BCUT2D eigenvalue weighted by molar-refractivity contribution is 5.81. The van der Waals surface area contributed by atoms with E-state index in [1.165, 1.54) is 0 Å². The highest BCUT2D eigenvalue weighted by Gasteiger charge is 2.10. The van der Waals surface area contributed by atoms with Gasteiger partial charge in [-0.2, -0.15) is 5.26 Å². The number of nitrogens with zero attached hydrogens (tertiary/aromatic N) is 1. The van der Waals surface area contributed by atoms with E-state index in [1.807, 2.05) is 19.9 Å². The van der Waals surface area contributed by atoms with Crippen LogP contribution in [-0.2, 0) is 4.79 Å². The van der Waals surface area contributed by atoms with Gasteiger partial charge in [-0.05, 0) is 12.8 Å². The molecule has 0 bridgehead atoms. The van der Waals surface area contributed by atoms with Crippen molar-refractivity contribution in [1.82, 2.24) is 10.6 Å². The Kier molecular flexibility index (Phi) is 6.77. The Hall–Kier alpha value is -1.08. The first-order valence-corrected chi connectivity index (χ1v) is 4.96. The maximum Gasteiger partial charge on any atom is 0.236 e. The maximum absolute atomic E-state index is 11.4. The van der Waals surface area contributed by atoms with Gasteiger partial charge < -0.3 is 10.6 Å². The third-order valence-corrected chi connectivity index (χ3v) is 1.77. The van der Waals surface area contributed by atoms with E-state index >= 15 is 0 Å². The van der Waals surface area contributed by atoms with E-state index in [2.05, 4.69) is 10.6 Å². The van der Waals surface area contributed by atoms with Crippen molar-refractivity contribution in [2.24, 2.45) is 5.92 Å². The van der Waals surface area contributed by atoms with Gasteiger partial charge in [0.25, 0.3) is 0 Å². The first-order chi connectivity index (χ1) is 6.57. The molecule has 0 aliphatic carbocycles. The monoisotopic (exact) mass is 197 g/mol. The molecular weight excluding hydrogens is 178 g/mol. The maximum atomic E-state index is 11.4. The molecule has 1 atom stereocenters. The van der Waals surface area contributed by atoms with Crippen molar-refractivity contribution in [3.05, 3.63) is 0 Å². The summed E-state index contributed by atoms with van der Waals surface area (Å²) < 4.78 is 0. The summed E-state index contributed by atoms with van der Waals surface area (Å²) in [7, 11) is 0. The van der Waals surface area contributed by atoms with Gasteiger partial charge in [0.1, 0.15) is 0 Å². The minimum atomic E-state index is -0.220. The summed E-state index contributed by atoms with van der Waals surface area (Å²) in [4.78, 5) is 11.4. The fourth-order valence-electron chi connectivity index (χ4n) is 0.895. The van der Waals surface area contributed by atoms with Gasteiger partial charge in [0.15, 0.2) is 0 Å². The van der Waals surface area contributed by atoms with Gasteiger partial charge in [0.2, 0.25) is 5.91 Å². The van der Waals surface area contributed by atoms with Crippen LogP contribution in [0.15, 0.2) is 0 Å². The standard InChI is InChI=1S/C10H19N3O/c1-8(2)7-13-10(14)9(3)12-6-4-5-11/h8-9,12H,4,6-7H2,1-3H3,(H,13,14). The van der Waals surface area contributed by atoms with Crippen LogP contribution in [0, 0.1) is 17.2 Å². The lowest BCUT2D eigenvalue weighted by Gasteiger charge is -2.14. The molecule has 0 aliphatic heterocycles. The summed E-state index contributed by atoms with van der Waals surface area (Å²) >= 11 is 0.